The molecule has 0 spiro atoms. The number of carbonyl (C=O) groups is 1. The van der Waals surface area contributed by atoms with Crippen LogP contribution in [0.3, 0.4) is 0 Å². The van der Waals surface area contributed by atoms with Crippen molar-refractivity contribution in [3.8, 4) is 0 Å². The molecule has 2 aliphatic heterocycles. The van der Waals surface area contributed by atoms with Gasteiger partial charge in [0.25, 0.3) is 5.91 Å². The van der Waals surface area contributed by atoms with Gasteiger partial charge in [0.05, 0.1) is 29.3 Å². The van der Waals surface area contributed by atoms with Crippen LogP contribution in [0.15, 0.2) is 45.5 Å². The number of hydrogen-bond acceptors (Lipinski definition) is 3. The Morgan fingerprint density at radius 1 is 1.35 bits per heavy atom. The zero-order valence-corrected chi connectivity index (χ0v) is 19.1. The summed E-state index contributed by atoms with van der Waals surface area (Å²) in [5.41, 5.74) is -1.07. The van der Waals surface area contributed by atoms with Crippen molar-refractivity contribution in [2.24, 2.45) is 4.99 Å². The van der Waals surface area contributed by atoms with E-state index in [-0.39, 0.29) is 23.2 Å². The average molecular weight is 513 g/mol. The van der Waals surface area contributed by atoms with E-state index in [4.69, 9.17) is 4.99 Å². The second-order valence-corrected chi connectivity index (χ2v) is 9.59. The molecule has 3 aliphatic rings. The molecule has 1 aromatic rings. The second-order valence-electron chi connectivity index (χ2n) is 7.93. The number of aliphatic imine (C=N–C) groups is 1. The molecule has 1 amide bonds. The monoisotopic (exact) mass is 512 g/mol. The predicted octanol–water partition coefficient (Wildman–Crippen LogP) is 4.79. The van der Waals surface area contributed by atoms with E-state index >= 15 is 0 Å². The van der Waals surface area contributed by atoms with Crippen molar-refractivity contribution in [2.75, 3.05) is 0 Å². The van der Waals surface area contributed by atoms with E-state index in [0.717, 1.165) is 25.3 Å². The standard InChI is InChI=1S/C21H19BrF4N3OSi/c1-10(12-4-2-5-14(17(12)23)21(24,25)26)27-20(30)13-8-11(22)9-29-18-15(28-19(13)29)6-3-7-16(18)31/h2,4-5,8-10,15-16,18H,3,6-7H2,1H3,(H,27,30)/t10-,15-,16+,18-/m1/s1. The summed E-state index contributed by atoms with van der Waals surface area (Å²) in [6.07, 6.45) is 1.64. The normalized spacial score (nSPS) is 26.4. The molecule has 0 aromatic heterocycles. The van der Waals surface area contributed by atoms with Crippen LogP contribution in [0.1, 0.15) is 43.4 Å². The van der Waals surface area contributed by atoms with Gasteiger partial charge in [-0.2, -0.15) is 13.2 Å². The van der Waals surface area contributed by atoms with E-state index in [2.05, 4.69) is 31.5 Å². The molecule has 163 valence electrons. The molecular weight excluding hydrogens is 494 g/mol. The van der Waals surface area contributed by atoms with Gasteiger partial charge in [0.2, 0.25) is 0 Å². The van der Waals surface area contributed by atoms with Gasteiger partial charge in [0.15, 0.2) is 0 Å². The Bertz CT molecular complexity index is 1010. The maximum Gasteiger partial charge on any atom is 0.419 e. The number of nitrogens with zero attached hydrogens (tertiary/aromatic N) is 2. The number of halogens is 5. The number of rotatable bonds is 3. The Labute approximate surface area is 189 Å². The number of alkyl halides is 3. The number of hydrogen-bond donors (Lipinski definition) is 1. The van der Waals surface area contributed by atoms with Crippen molar-refractivity contribution in [3.63, 3.8) is 0 Å². The third kappa shape index (κ3) is 4.11. The van der Waals surface area contributed by atoms with Crippen LogP contribution in [0.5, 0.6) is 0 Å². The van der Waals surface area contributed by atoms with Crippen LogP contribution >= 0.6 is 15.9 Å². The quantitative estimate of drug-likeness (QED) is 0.467. The van der Waals surface area contributed by atoms with Crippen LogP contribution in [-0.4, -0.2) is 39.0 Å². The summed E-state index contributed by atoms with van der Waals surface area (Å²) < 4.78 is 54.3. The molecule has 1 saturated carbocycles. The lowest BCUT2D eigenvalue weighted by Crippen LogP contribution is -2.44. The first kappa shape index (κ1) is 22.3. The fourth-order valence-corrected chi connectivity index (χ4v) is 5.43. The molecule has 10 heteroatoms. The predicted molar refractivity (Wildman–Crippen MR) is 113 cm³/mol. The largest absolute Gasteiger partial charge is 0.419 e. The first-order valence-corrected chi connectivity index (χ1v) is 11.3. The highest BCUT2D eigenvalue weighted by molar-refractivity contribution is 9.11. The fraction of sp³-hybridized carbons (Fsp3) is 0.429. The summed E-state index contributed by atoms with van der Waals surface area (Å²) in [7, 11) is 3.78. The van der Waals surface area contributed by atoms with Gasteiger partial charge in [0, 0.05) is 26.5 Å². The number of benzene rings is 1. The summed E-state index contributed by atoms with van der Waals surface area (Å²) in [6, 6.07) is 2.22. The van der Waals surface area contributed by atoms with E-state index in [1.165, 1.54) is 13.0 Å². The van der Waals surface area contributed by atoms with Crippen molar-refractivity contribution < 1.29 is 22.4 Å². The first-order valence-electron chi connectivity index (χ1n) is 9.91. The van der Waals surface area contributed by atoms with Crippen LogP contribution in [0.2, 0.25) is 5.54 Å². The lowest BCUT2D eigenvalue weighted by Gasteiger charge is -2.37. The Morgan fingerprint density at radius 2 is 2.10 bits per heavy atom. The van der Waals surface area contributed by atoms with Gasteiger partial charge in [0.1, 0.15) is 11.7 Å². The maximum atomic E-state index is 14.5. The van der Waals surface area contributed by atoms with Crippen molar-refractivity contribution in [1.29, 1.82) is 0 Å². The van der Waals surface area contributed by atoms with Crippen LogP contribution in [0.25, 0.3) is 0 Å². The highest BCUT2D eigenvalue weighted by Crippen LogP contribution is 2.40. The molecule has 1 N–H and O–H groups in total. The van der Waals surface area contributed by atoms with Crippen LogP contribution in [0, 0.1) is 5.82 Å². The number of carbonyl (C=O) groups excluding carboxylic acids is 1. The van der Waals surface area contributed by atoms with Gasteiger partial charge in [-0.25, -0.2) is 4.39 Å². The Hall–Kier alpha value is -1.94. The molecule has 4 nitrogen and oxygen atoms in total. The molecule has 0 bridgehead atoms. The summed E-state index contributed by atoms with van der Waals surface area (Å²) in [4.78, 5) is 19.8. The van der Waals surface area contributed by atoms with E-state index < -0.39 is 29.5 Å². The van der Waals surface area contributed by atoms with Crippen molar-refractivity contribution in [3.05, 3.63) is 57.5 Å². The Kier molecular flexibility index (Phi) is 5.89. The molecule has 31 heavy (non-hydrogen) atoms. The lowest BCUT2D eigenvalue weighted by atomic mass is 9.90. The highest BCUT2D eigenvalue weighted by Gasteiger charge is 2.44. The number of fused-ring (bicyclic) bond motifs is 3. The summed E-state index contributed by atoms with van der Waals surface area (Å²) in [5, 5.41) is 2.63. The molecule has 1 aliphatic carbocycles. The third-order valence-electron chi connectivity index (χ3n) is 5.85. The average Bonchev–Trinajstić information content (AvgIpc) is 3.06. The van der Waals surface area contributed by atoms with Crippen LogP contribution in [0.4, 0.5) is 17.6 Å². The molecule has 0 unspecified atom stereocenters. The Balaban J connectivity index is 1.59. The lowest BCUT2D eigenvalue weighted by molar-refractivity contribution is -0.140. The zero-order valence-electron chi connectivity index (χ0n) is 16.5. The molecule has 2 heterocycles. The van der Waals surface area contributed by atoms with Crippen molar-refractivity contribution in [2.45, 2.75) is 56.0 Å². The minimum atomic E-state index is -4.81. The van der Waals surface area contributed by atoms with Gasteiger partial charge in [-0.3, -0.25) is 9.79 Å². The topological polar surface area (TPSA) is 44.7 Å². The molecule has 1 fully saturated rings. The molecule has 0 saturated heterocycles. The minimum Gasteiger partial charge on any atom is -0.345 e. The van der Waals surface area contributed by atoms with Crippen molar-refractivity contribution in [1.82, 2.24) is 10.2 Å². The number of nitrogens with one attached hydrogen (secondary N) is 1. The van der Waals surface area contributed by atoms with Gasteiger partial charge in [-0.1, -0.05) is 25.0 Å². The molecular formula is C21H19BrF4N3OSi. The van der Waals surface area contributed by atoms with E-state index in [0.29, 0.717) is 22.0 Å². The summed E-state index contributed by atoms with van der Waals surface area (Å²) in [5.74, 6) is -1.38. The van der Waals surface area contributed by atoms with Gasteiger partial charge < -0.3 is 10.2 Å². The maximum absolute atomic E-state index is 14.5. The molecule has 4 atom stereocenters. The zero-order chi connectivity index (χ0) is 22.5. The molecule has 4 rings (SSSR count). The fourth-order valence-electron chi connectivity index (χ4n) is 4.39. The summed E-state index contributed by atoms with van der Waals surface area (Å²) in [6.45, 7) is 1.45. The smallest absolute Gasteiger partial charge is 0.345 e. The van der Waals surface area contributed by atoms with Gasteiger partial charge in [-0.05, 0) is 47.0 Å². The summed E-state index contributed by atoms with van der Waals surface area (Å²) >= 11 is 3.43. The van der Waals surface area contributed by atoms with Crippen LogP contribution < -0.4 is 5.32 Å². The van der Waals surface area contributed by atoms with Crippen molar-refractivity contribution >= 4 is 37.9 Å². The van der Waals surface area contributed by atoms with Crippen LogP contribution in [-0.2, 0) is 11.0 Å². The Morgan fingerprint density at radius 3 is 2.81 bits per heavy atom. The highest BCUT2D eigenvalue weighted by atomic mass is 79.9. The second kappa shape index (κ2) is 8.20. The third-order valence-corrected chi connectivity index (χ3v) is 6.92. The van der Waals surface area contributed by atoms with Gasteiger partial charge >= 0.3 is 6.18 Å². The van der Waals surface area contributed by atoms with E-state index in [1.54, 1.807) is 6.08 Å². The number of allylic oxidation sites excluding steroid dienone is 2. The number of amidine groups is 1. The molecule has 1 aromatic carbocycles. The van der Waals surface area contributed by atoms with Gasteiger partial charge in [-0.15, -0.1) is 0 Å². The number of amides is 1. The van der Waals surface area contributed by atoms with E-state index in [1.807, 2.05) is 11.1 Å². The minimum absolute atomic E-state index is 0.0513. The van der Waals surface area contributed by atoms with E-state index in [9.17, 15) is 22.4 Å². The first-order chi connectivity index (χ1) is 14.6. The molecule has 3 radical (unpaired) electrons. The SMILES string of the molecule is C[C@@H](NC(=O)C1=CC(Br)=CN2C1=N[C@@H]1CCC[C@H]([Si])[C@@H]12)c1cccc(C(F)(F)F)c1F.